The van der Waals surface area contributed by atoms with Crippen LogP contribution in [0, 0.1) is 0 Å². The number of ether oxygens (including phenoxy) is 1. The molecule has 11 heteroatoms. The lowest BCUT2D eigenvalue weighted by molar-refractivity contribution is -0.139. The molecule has 0 aromatic heterocycles. The molecular formula is C19H20ClF3N2O4S. The molecule has 2 aromatic carbocycles. The summed E-state index contributed by atoms with van der Waals surface area (Å²) >= 11 is 5.85. The number of likely N-dealkylation sites (N-methyl/N-ethyl adjacent to an activating group) is 1. The lowest BCUT2D eigenvalue weighted by Crippen LogP contribution is -2.46. The molecule has 0 aliphatic carbocycles. The van der Waals surface area contributed by atoms with Gasteiger partial charge < -0.3 is 9.64 Å². The molecule has 0 bridgehead atoms. The second-order valence-electron chi connectivity index (χ2n) is 6.40. The highest BCUT2D eigenvalue weighted by Gasteiger charge is 2.37. The van der Waals surface area contributed by atoms with Crippen LogP contribution >= 0.6 is 11.6 Å². The molecule has 1 atom stereocenters. The summed E-state index contributed by atoms with van der Waals surface area (Å²) in [5.41, 5.74) is -1.31. The maximum atomic E-state index is 13.1. The minimum atomic E-state index is -4.85. The molecule has 30 heavy (non-hydrogen) atoms. The Morgan fingerprint density at radius 1 is 1.20 bits per heavy atom. The van der Waals surface area contributed by atoms with E-state index in [0.29, 0.717) is 16.8 Å². The molecule has 0 aliphatic rings. The molecule has 0 saturated carbocycles. The molecule has 0 heterocycles. The van der Waals surface area contributed by atoms with Crippen molar-refractivity contribution in [2.24, 2.45) is 0 Å². The zero-order valence-corrected chi connectivity index (χ0v) is 17.7. The highest BCUT2D eigenvalue weighted by Crippen LogP contribution is 2.33. The Balaban J connectivity index is 2.00. The zero-order chi connectivity index (χ0) is 22.5. The summed E-state index contributed by atoms with van der Waals surface area (Å²) in [6, 6.07) is 9.13. The Bertz CT molecular complexity index is 999. The van der Waals surface area contributed by atoms with Gasteiger partial charge in [-0.3, -0.25) is 4.79 Å². The quantitative estimate of drug-likeness (QED) is 0.648. The molecule has 0 unspecified atom stereocenters. The Morgan fingerprint density at radius 2 is 1.87 bits per heavy atom. The van der Waals surface area contributed by atoms with Crippen molar-refractivity contribution < 1.29 is 31.1 Å². The number of halogens is 4. The standard InChI is InChI=1S/C19H20ClF3N2O4S/c1-13(18(26)25(2)10-11-29-15-7-5-6-14(20)12-15)24-30(27,28)17-9-4-3-8-16(17)19(21,22)23/h3-9,12-13,24H,10-11H2,1-2H3/t13-/m0/s1. The van der Waals surface area contributed by atoms with E-state index in [4.69, 9.17) is 16.3 Å². The normalized spacial score (nSPS) is 13.0. The zero-order valence-electron chi connectivity index (χ0n) is 16.1. The van der Waals surface area contributed by atoms with E-state index in [1.807, 2.05) is 4.72 Å². The summed E-state index contributed by atoms with van der Waals surface area (Å²) in [6.07, 6.45) is -4.85. The minimum Gasteiger partial charge on any atom is -0.492 e. The maximum absolute atomic E-state index is 13.1. The van der Waals surface area contributed by atoms with E-state index in [1.54, 1.807) is 24.3 Å². The number of rotatable bonds is 8. The number of amides is 1. The summed E-state index contributed by atoms with van der Waals surface area (Å²) in [4.78, 5) is 12.7. The van der Waals surface area contributed by atoms with Crippen LogP contribution in [0.5, 0.6) is 5.75 Å². The van der Waals surface area contributed by atoms with E-state index in [1.165, 1.54) is 24.9 Å². The van der Waals surface area contributed by atoms with Gasteiger partial charge in [-0.15, -0.1) is 0 Å². The topological polar surface area (TPSA) is 75.7 Å². The molecule has 0 saturated heterocycles. The van der Waals surface area contributed by atoms with Gasteiger partial charge >= 0.3 is 6.18 Å². The van der Waals surface area contributed by atoms with E-state index < -0.39 is 38.6 Å². The predicted octanol–water partition coefficient (Wildman–Crippen LogP) is 3.56. The van der Waals surface area contributed by atoms with Gasteiger partial charge in [0.05, 0.1) is 23.0 Å². The monoisotopic (exact) mass is 464 g/mol. The van der Waals surface area contributed by atoms with Crippen molar-refractivity contribution in [3.05, 3.63) is 59.1 Å². The van der Waals surface area contributed by atoms with E-state index in [2.05, 4.69) is 0 Å². The first-order chi connectivity index (χ1) is 13.9. The lowest BCUT2D eigenvalue weighted by Gasteiger charge is -2.23. The molecule has 6 nitrogen and oxygen atoms in total. The first kappa shape index (κ1) is 24.0. The Labute approximate surface area is 177 Å². The van der Waals surface area contributed by atoms with E-state index in [9.17, 15) is 26.4 Å². The van der Waals surface area contributed by atoms with Gasteiger partial charge in [0, 0.05) is 12.1 Å². The molecule has 164 valence electrons. The molecule has 0 radical (unpaired) electrons. The van der Waals surface area contributed by atoms with E-state index in [-0.39, 0.29) is 13.2 Å². The van der Waals surface area contributed by atoms with Gasteiger partial charge in [0.25, 0.3) is 0 Å². The van der Waals surface area contributed by atoms with Crippen LogP contribution in [0.2, 0.25) is 5.02 Å². The Kier molecular flexibility index (Phi) is 7.73. The van der Waals surface area contributed by atoms with Gasteiger partial charge in [-0.25, -0.2) is 8.42 Å². The average Bonchev–Trinajstić information content (AvgIpc) is 2.66. The van der Waals surface area contributed by atoms with Crippen LogP contribution in [-0.4, -0.2) is 45.5 Å². The summed E-state index contributed by atoms with van der Waals surface area (Å²) in [5, 5.41) is 0.485. The number of benzene rings is 2. The number of carbonyl (C=O) groups is 1. The van der Waals surface area contributed by atoms with Crippen molar-refractivity contribution in [2.45, 2.75) is 24.0 Å². The SMILES string of the molecule is C[C@H](NS(=O)(=O)c1ccccc1C(F)(F)F)C(=O)N(C)CCOc1cccc(Cl)c1. The predicted molar refractivity (Wildman–Crippen MR) is 106 cm³/mol. The molecule has 2 aromatic rings. The van der Waals surface area contributed by atoms with Crippen LogP contribution in [0.3, 0.4) is 0 Å². The van der Waals surface area contributed by atoms with Crippen LogP contribution < -0.4 is 9.46 Å². The number of carbonyl (C=O) groups excluding carboxylic acids is 1. The van der Waals surface area contributed by atoms with Crippen molar-refractivity contribution in [1.29, 1.82) is 0 Å². The van der Waals surface area contributed by atoms with Gasteiger partial charge in [-0.1, -0.05) is 29.8 Å². The fourth-order valence-electron chi connectivity index (χ4n) is 2.58. The third-order valence-electron chi connectivity index (χ3n) is 4.05. The highest BCUT2D eigenvalue weighted by atomic mass is 35.5. The number of sulfonamides is 1. The second kappa shape index (κ2) is 9.67. The van der Waals surface area contributed by atoms with Gasteiger partial charge in [-0.05, 0) is 37.3 Å². The smallest absolute Gasteiger partial charge is 0.417 e. The van der Waals surface area contributed by atoms with E-state index in [0.717, 1.165) is 12.1 Å². The number of hydrogen-bond acceptors (Lipinski definition) is 4. The molecule has 2 rings (SSSR count). The number of alkyl halides is 3. The summed E-state index contributed by atoms with van der Waals surface area (Å²) in [7, 11) is -3.15. The molecule has 0 fully saturated rings. The second-order valence-corrected chi connectivity index (χ2v) is 8.52. The Hall–Kier alpha value is -2.30. The van der Waals surface area contributed by atoms with Crippen molar-refractivity contribution in [2.75, 3.05) is 20.2 Å². The molecular weight excluding hydrogens is 445 g/mol. The first-order valence-corrected chi connectivity index (χ1v) is 10.6. The fourth-order valence-corrected chi connectivity index (χ4v) is 4.18. The molecule has 1 N–H and O–H groups in total. The van der Waals surface area contributed by atoms with Crippen molar-refractivity contribution in [3.63, 3.8) is 0 Å². The number of nitrogens with one attached hydrogen (secondary N) is 1. The molecule has 1 amide bonds. The minimum absolute atomic E-state index is 0.110. The van der Waals surface area contributed by atoms with Gasteiger partial charge in [-0.2, -0.15) is 17.9 Å². The summed E-state index contributed by atoms with van der Waals surface area (Å²) in [6.45, 7) is 1.49. The third kappa shape index (κ3) is 6.35. The lowest BCUT2D eigenvalue weighted by atomic mass is 10.2. The third-order valence-corrected chi connectivity index (χ3v) is 5.89. The number of hydrogen-bond donors (Lipinski definition) is 1. The van der Waals surface area contributed by atoms with Gasteiger partial charge in [0.1, 0.15) is 12.4 Å². The van der Waals surface area contributed by atoms with Crippen LogP contribution in [0.4, 0.5) is 13.2 Å². The van der Waals surface area contributed by atoms with Gasteiger partial charge in [0.2, 0.25) is 15.9 Å². The van der Waals surface area contributed by atoms with E-state index >= 15 is 0 Å². The number of nitrogens with zero attached hydrogens (tertiary/aromatic N) is 1. The van der Waals surface area contributed by atoms with Crippen molar-refractivity contribution in [1.82, 2.24) is 9.62 Å². The van der Waals surface area contributed by atoms with Crippen LogP contribution in [0.25, 0.3) is 0 Å². The maximum Gasteiger partial charge on any atom is 0.417 e. The molecule has 0 aliphatic heterocycles. The van der Waals surface area contributed by atoms with Crippen LogP contribution in [0.15, 0.2) is 53.4 Å². The van der Waals surface area contributed by atoms with Crippen LogP contribution in [-0.2, 0) is 21.0 Å². The fraction of sp³-hybridized carbons (Fsp3) is 0.316. The molecule has 0 spiro atoms. The van der Waals surface area contributed by atoms with Crippen molar-refractivity contribution in [3.8, 4) is 5.75 Å². The highest BCUT2D eigenvalue weighted by molar-refractivity contribution is 7.89. The largest absolute Gasteiger partial charge is 0.492 e. The summed E-state index contributed by atoms with van der Waals surface area (Å²) in [5.74, 6) is -0.126. The van der Waals surface area contributed by atoms with Crippen molar-refractivity contribution >= 4 is 27.5 Å². The summed E-state index contributed by atoms with van der Waals surface area (Å²) < 4.78 is 71.7. The average molecular weight is 465 g/mol. The van der Waals surface area contributed by atoms with Gasteiger partial charge in [0.15, 0.2) is 0 Å². The first-order valence-electron chi connectivity index (χ1n) is 8.73. The van der Waals surface area contributed by atoms with Crippen LogP contribution in [0.1, 0.15) is 12.5 Å². The Morgan fingerprint density at radius 3 is 2.50 bits per heavy atom.